The second kappa shape index (κ2) is 3.48. The molecule has 0 aromatic heterocycles. The van der Waals surface area contributed by atoms with Crippen molar-refractivity contribution in [3.63, 3.8) is 0 Å². The van der Waals surface area contributed by atoms with E-state index in [1.807, 2.05) is 0 Å². The van der Waals surface area contributed by atoms with Gasteiger partial charge in [0.25, 0.3) is 6.02 Å². The fourth-order valence-electron chi connectivity index (χ4n) is 2.57. The van der Waals surface area contributed by atoms with Gasteiger partial charge in [0, 0.05) is 10.9 Å². The first-order valence-corrected chi connectivity index (χ1v) is 6.23. The van der Waals surface area contributed by atoms with Crippen molar-refractivity contribution in [2.75, 3.05) is 6.54 Å². The van der Waals surface area contributed by atoms with Crippen LogP contribution in [0.15, 0.2) is 27.7 Å². The van der Waals surface area contributed by atoms with Crippen molar-refractivity contribution in [2.45, 2.75) is 24.9 Å². The number of hydrogen-bond acceptors (Lipinski definition) is 3. The lowest BCUT2D eigenvalue weighted by Gasteiger charge is -2.33. The average Bonchev–Trinajstić information content (AvgIpc) is 2.60. The molecule has 1 aromatic rings. The number of benzene rings is 1. The largest absolute Gasteiger partial charge is 0.456 e. The zero-order chi connectivity index (χ0) is 11.2. The first-order valence-electron chi connectivity index (χ1n) is 5.44. The molecule has 3 nitrogen and oxygen atoms in total. The number of nitrogens with zero attached hydrogens (tertiary/aromatic N) is 1. The molecule has 1 aliphatic carbocycles. The summed E-state index contributed by atoms with van der Waals surface area (Å²) in [6.07, 6.45) is 2.93. The first kappa shape index (κ1) is 10.1. The van der Waals surface area contributed by atoms with Gasteiger partial charge >= 0.3 is 0 Å². The second-order valence-electron chi connectivity index (χ2n) is 4.49. The van der Waals surface area contributed by atoms with E-state index in [2.05, 4.69) is 39.1 Å². The molecular formula is C12H13BrN2O. The number of amidine groups is 1. The van der Waals surface area contributed by atoms with Crippen molar-refractivity contribution in [1.82, 2.24) is 0 Å². The third kappa shape index (κ3) is 1.52. The molecule has 2 aliphatic rings. The van der Waals surface area contributed by atoms with E-state index >= 15 is 0 Å². The fourth-order valence-corrected chi connectivity index (χ4v) is 3.17. The van der Waals surface area contributed by atoms with E-state index in [1.54, 1.807) is 0 Å². The molecular weight excluding hydrogens is 268 g/mol. The molecule has 16 heavy (non-hydrogen) atoms. The summed E-state index contributed by atoms with van der Waals surface area (Å²) in [6.45, 7) is 0.699. The van der Waals surface area contributed by atoms with E-state index in [-0.39, 0.29) is 5.60 Å². The normalized spacial score (nSPS) is 27.4. The van der Waals surface area contributed by atoms with Gasteiger partial charge in [-0.15, -0.1) is 0 Å². The lowest BCUT2D eigenvalue weighted by atomic mass is 9.80. The molecule has 4 heteroatoms. The van der Waals surface area contributed by atoms with E-state index in [0.717, 1.165) is 19.3 Å². The number of fused-ring (bicyclic) bond motifs is 1. The van der Waals surface area contributed by atoms with E-state index in [4.69, 9.17) is 10.5 Å². The Bertz CT molecular complexity index is 472. The zero-order valence-electron chi connectivity index (χ0n) is 8.87. The van der Waals surface area contributed by atoms with Gasteiger partial charge in [0.2, 0.25) is 0 Å². The number of hydrogen-bond donors (Lipinski definition) is 1. The summed E-state index contributed by atoms with van der Waals surface area (Å²) < 4.78 is 6.90. The van der Waals surface area contributed by atoms with Crippen molar-refractivity contribution in [1.29, 1.82) is 0 Å². The summed E-state index contributed by atoms with van der Waals surface area (Å²) in [5.74, 6) is 0. The number of ether oxygens (including phenoxy) is 1. The standard InChI is InChI=1S/C12H13BrN2O/c13-10-3-1-2-8-6-12(5-4-9(8)10)7-15-11(14)16-12/h1-3H,4-7H2,(H2,14,15). The van der Waals surface area contributed by atoms with Gasteiger partial charge in [0.05, 0.1) is 6.54 Å². The lowest BCUT2D eigenvalue weighted by molar-refractivity contribution is 0.0702. The van der Waals surface area contributed by atoms with Gasteiger partial charge in [-0.05, 0) is 30.0 Å². The third-order valence-corrected chi connectivity index (χ3v) is 4.15. The Labute approximate surface area is 103 Å². The minimum absolute atomic E-state index is 0.169. The molecule has 0 saturated heterocycles. The first-order chi connectivity index (χ1) is 7.69. The van der Waals surface area contributed by atoms with Crippen LogP contribution in [0.3, 0.4) is 0 Å². The molecule has 1 heterocycles. The Kier molecular flexibility index (Phi) is 2.21. The molecule has 84 valence electrons. The second-order valence-corrected chi connectivity index (χ2v) is 5.35. The van der Waals surface area contributed by atoms with Crippen LogP contribution in [0, 0.1) is 0 Å². The van der Waals surface area contributed by atoms with Gasteiger partial charge in [-0.3, -0.25) is 0 Å². The van der Waals surface area contributed by atoms with E-state index in [9.17, 15) is 0 Å². The highest BCUT2D eigenvalue weighted by molar-refractivity contribution is 9.10. The van der Waals surface area contributed by atoms with Gasteiger partial charge in [0.15, 0.2) is 0 Å². The molecule has 2 N–H and O–H groups in total. The predicted molar refractivity (Wildman–Crippen MR) is 66.5 cm³/mol. The van der Waals surface area contributed by atoms with Gasteiger partial charge in [-0.25, -0.2) is 4.99 Å². The molecule has 3 rings (SSSR count). The zero-order valence-corrected chi connectivity index (χ0v) is 10.5. The number of nitrogens with two attached hydrogens (primary N) is 1. The lowest BCUT2D eigenvalue weighted by Crippen LogP contribution is -2.40. The summed E-state index contributed by atoms with van der Waals surface area (Å²) in [5.41, 5.74) is 8.20. The predicted octanol–water partition coefficient (Wildman–Crippen LogP) is 2.02. The van der Waals surface area contributed by atoms with E-state index in [1.165, 1.54) is 15.6 Å². The third-order valence-electron chi connectivity index (χ3n) is 3.40. The quantitative estimate of drug-likeness (QED) is 0.791. The Balaban J connectivity index is 1.93. The van der Waals surface area contributed by atoms with Crippen LogP contribution in [-0.4, -0.2) is 18.2 Å². The van der Waals surface area contributed by atoms with Crippen LogP contribution in [0.5, 0.6) is 0 Å². The van der Waals surface area contributed by atoms with Crippen LogP contribution in [0.25, 0.3) is 0 Å². The molecule has 1 unspecified atom stereocenters. The van der Waals surface area contributed by atoms with Crippen molar-refractivity contribution in [2.24, 2.45) is 10.7 Å². The van der Waals surface area contributed by atoms with E-state index < -0.39 is 0 Å². The SMILES string of the molecule is NC1=NCC2(CCc3c(Br)cccc3C2)O1. The Morgan fingerprint density at radius 1 is 1.44 bits per heavy atom. The van der Waals surface area contributed by atoms with Crippen molar-refractivity contribution in [3.8, 4) is 0 Å². The molecule has 1 aromatic carbocycles. The minimum Gasteiger partial charge on any atom is -0.456 e. The summed E-state index contributed by atoms with van der Waals surface area (Å²) in [4.78, 5) is 4.17. The highest BCUT2D eigenvalue weighted by atomic mass is 79.9. The molecule has 0 saturated carbocycles. The minimum atomic E-state index is -0.169. The Morgan fingerprint density at radius 2 is 2.31 bits per heavy atom. The Hall–Kier alpha value is -1.03. The maximum absolute atomic E-state index is 5.70. The Morgan fingerprint density at radius 3 is 3.06 bits per heavy atom. The molecule has 0 bridgehead atoms. The van der Waals surface area contributed by atoms with E-state index in [0.29, 0.717) is 12.6 Å². The summed E-state index contributed by atoms with van der Waals surface area (Å²) in [5, 5.41) is 0. The van der Waals surface area contributed by atoms with Gasteiger partial charge in [-0.2, -0.15) is 0 Å². The number of rotatable bonds is 0. The van der Waals surface area contributed by atoms with Crippen LogP contribution >= 0.6 is 15.9 Å². The molecule has 1 spiro atoms. The van der Waals surface area contributed by atoms with Crippen LogP contribution in [-0.2, 0) is 17.6 Å². The van der Waals surface area contributed by atoms with Gasteiger partial charge < -0.3 is 10.5 Å². The topological polar surface area (TPSA) is 47.6 Å². The summed E-state index contributed by atoms with van der Waals surface area (Å²) in [7, 11) is 0. The summed E-state index contributed by atoms with van der Waals surface area (Å²) >= 11 is 3.60. The fraction of sp³-hybridized carbons (Fsp3) is 0.417. The molecule has 1 atom stereocenters. The van der Waals surface area contributed by atoms with Crippen LogP contribution in [0.4, 0.5) is 0 Å². The van der Waals surface area contributed by atoms with Crippen molar-refractivity contribution >= 4 is 22.0 Å². The van der Waals surface area contributed by atoms with Crippen LogP contribution in [0.2, 0.25) is 0 Å². The maximum atomic E-state index is 5.70. The highest BCUT2D eigenvalue weighted by Gasteiger charge is 2.40. The monoisotopic (exact) mass is 280 g/mol. The molecule has 1 aliphatic heterocycles. The van der Waals surface area contributed by atoms with Crippen molar-refractivity contribution in [3.05, 3.63) is 33.8 Å². The smallest absolute Gasteiger partial charge is 0.282 e. The molecule has 0 fully saturated rings. The van der Waals surface area contributed by atoms with Gasteiger partial charge in [-0.1, -0.05) is 28.1 Å². The average molecular weight is 281 g/mol. The van der Waals surface area contributed by atoms with Crippen LogP contribution < -0.4 is 5.73 Å². The van der Waals surface area contributed by atoms with Crippen molar-refractivity contribution < 1.29 is 4.74 Å². The molecule has 0 radical (unpaired) electrons. The van der Waals surface area contributed by atoms with Gasteiger partial charge in [0.1, 0.15) is 5.60 Å². The maximum Gasteiger partial charge on any atom is 0.282 e. The number of aliphatic imine (C=N–C) groups is 1. The highest BCUT2D eigenvalue weighted by Crippen LogP contribution is 2.36. The molecule has 0 amide bonds. The number of halogens is 1. The van der Waals surface area contributed by atoms with Crippen LogP contribution in [0.1, 0.15) is 17.5 Å². The summed E-state index contributed by atoms with van der Waals surface area (Å²) in [6, 6.07) is 6.68.